The van der Waals surface area contributed by atoms with Crippen LogP contribution in [0, 0.1) is 0 Å². The molecule has 0 aliphatic rings. The number of hydrogen-bond acceptors (Lipinski definition) is 1. The Morgan fingerprint density at radius 1 is 1.10 bits per heavy atom. The first kappa shape index (κ1) is 15.8. The van der Waals surface area contributed by atoms with Crippen LogP contribution in [0.2, 0.25) is 10.0 Å². The molecule has 0 radical (unpaired) electrons. The summed E-state index contributed by atoms with van der Waals surface area (Å²) in [6.45, 7) is 2.32. The zero-order valence-electron chi connectivity index (χ0n) is 11.6. The molecule has 0 bridgehead atoms. The molecule has 3 nitrogen and oxygen atoms in total. The van der Waals surface area contributed by atoms with Gasteiger partial charge >= 0.3 is 0 Å². The van der Waals surface area contributed by atoms with Crippen molar-refractivity contribution in [2.45, 2.75) is 13.0 Å². The van der Waals surface area contributed by atoms with Gasteiger partial charge in [0, 0.05) is 10.6 Å². The van der Waals surface area contributed by atoms with Crippen LogP contribution in [0.1, 0.15) is 18.5 Å². The SMILES string of the molecule is C[C@@H]([NH2+]CC(=O)Nc1ccccc1Cl)c1ccccc1Cl. The molecule has 0 aliphatic heterocycles. The highest BCUT2D eigenvalue weighted by atomic mass is 35.5. The number of rotatable bonds is 5. The molecule has 2 rings (SSSR count). The zero-order chi connectivity index (χ0) is 15.2. The van der Waals surface area contributed by atoms with E-state index in [4.69, 9.17) is 23.2 Å². The van der Waals surface area contributed by atoms with Gasteiger partial charge in [0.1, 0.15) is 6.04 Å². The molecule has 0 aliphatic carbocycles. The number of carbonyl (C=O) groups excluding carboxylic acids is 1. The van der Waals surface area contributed by atoms with E-state index in [-0.39, 0.29) is 11.9 Å². The maximum Gasteiger partial charge on any atom is 0.279 e. The highest BCUT2D eigenvalue weighted by molar-refractivity contribution is 6.33. The first-order valence-electron chi connectivity index (χ1n) is 6.70. The Hall–Kier alpha value is -1.55. The molecule has 0 fully saturated rings. The van der Waals surface area contributed by atoms with E-state index in [1.165, 1.54) is 0 Å². The van der Waals surface area contributed by atoms with Crippen LogP contribution in [-0.2, 0) is 4.79 Å². The van der Waals surface area contributed by atoms with Gasteiger partial charge in [0.25, 0.3) is 5.91 Å². The molecule has 0 saturated heterocycles. The third-order valence-electron chi connectivity index (χ3n) is 3.20. The number of amides is 1. The molecule has 1 amide bonds. The molecule has 1 atom stereocenters. The summed E-state index contributed by atoms with van der Waals surface area (Å²) in [5.74, 6) is -0.0954. The lowest BCUT2D eigenvalue weighted by Crippen LogP contribution is -2.86. The molecular weight excluding hydrogens is 307 g/mol. The Morgan fingerprint density at radius 2 is 1.71 bits per heavy atom. The van der Waals surface area contributed by atoms with Crippen LogP contribution < -0.4 is 10.6 Å². The van der Waals surface area contributed by atoms with Crippen molar-refractivity contribution >= 4 is 34.8 Å². The molecule has 2 aromatic rings. The summed E-state index contributed by atoms with van der Waals surface area (Å²) in [7, 11) is 0. The maximum atomic E-state index is 12.0. The van der Waals surface area contributed by atoms with Crippen molar-refractivity contribution in [3.63, 3.8) is 0 Å². The van der Waals surface area contributed by atoms with E-state index in [1.807, 2.05) is 48.6 Å². The molecule has 0 saturated carbocycles. The summed E-state index contributed by atoms with van der Waals surface area (Å²) in [5.41, 5.74) is 1.65. The monoisotopic (exact) mass is 323 g/mol. The largest absolute Gasteiger partial charge is 0.332 e. The predicted octanol–water partition coefficient (Wildman–Crippen LogP) is 3.26. The third kappa shape index (κ3) is 4.46. The minimum Gasteiger partial charge on any atom is -0.332 e. The van der Waals surface area contributed by atoms with Crippen LogP contribution in [0.15, 0.2) is 48.5 Å². The predicted molar refractivity (Wildman–Crippen MR) is 86.7 cm³/mol. The summed E-state index contributed by atoms with van der Waals surface area (Å²) in [6, 6.07) is 14.9. The van der Waals surface area contributed by atoms with Crippen molar-refractivity contribution in [3.05, 3.63) is 64.1 Å². The average molecular weight is 324 g/mol. The summed E-state index contributed by atoms with van der Waals surface area (Å²) in [5, 5.41) is 5.98. The summed E-state index contributed by atoms with van der Waals surface area (Å²) < 4.78 is 0. The average Bonchev–Trinajstić information content (AvgIpc) is 2.48. The maximum absolute atomic E-state index is 12.0. The second kappa shape index (κ2) is 7.46. The van der Waals surface area contributed by atoms with Crippen molar-refractivity contribution in [2.75, 3.05) is 11.9 Å². The summed E-state index contributed by atoms with van der Waals surface area (Å²) in [6.07, 6.45) is 0. The fraction of sp³-hybridized carbons (Fsp3) is 0.188. The summed E-state index contributed by atoms with van der Waals surface area (Å²) >= 11 is 12.2. The van der Waals surface area contributed by atoms with E-state index in [0.29, 0.717) is 22.3 Å². The number of para-hydroxylation sites is 1. The van der Waals surface area contributed by atoms with Crippen LogP contribution in [0.4, 0.5) is 5.69 Å². The molecule has 5 heteroatoms. The number of quaternary nitrogens is 1. The van der Waals surface area contributed by atoms with Crippen LogP contribution in [-0.4, -0.2) is 12.5 Å². The van der Waals surface area contributed by atoms with Gasteiger partial charge in [0.15, 0.2) is 6.54 Å². The number of carbonyl (C=O) groups is 1. The quantitative estimate of drug-likeness (QED) is 0.871. The molecule has 0 unspecified atom stereocenters. The van der Waals surface area contributed by atoms with Crippen molar-refractivity contribution in [1.29, 1.82) is 0 Å². The number of anilines is 1. The molecule has 2 aromatic carbocycles. The van der Waals surface area contributed by atoms with E-state index in [2.05, 4.69) is 5.32 Å². The van der Waals surface area contributed by atoms with Gasteiger partial charge in [-0.1, -0.05) is 53.5 Å². The van der Waals surface area contributed by atoms with Gasteiger partial charge in [0.2, 0.25) is 0 Å². The number of hydrogen-bond donors (Lipinski definition) is 2. The van der Waals surface area contributed by atoms with Crippen LogP contribution in [0.3, 0.4) is 0 Å². The van der Waals surface area contributed by atoms with Crippen LogP contribution in [0.5, 0.6) is 0 Å². The Kier molecular flexibility index (Phi) is 5.62. The first-order valence-corrected chi connectivity index (χ1v) is 7.45. The van der Waals surface area contributed by atoms with Gasteiger partial charge in [-0.3, -0.25) is 4.79 Å². The first-order chi connectivity index (χ1) is 10.1. The van der Waals surface area contributed by atoms with Crippen molar-refractivity contribution < 1.29 is 10.1 Å². The lowest BCUT2D eigenvalue weighted by Gasteiger charge is -2.12. The number of halogens is 2. The van der Waals surface area contributed by atoms with E-state index in [9.17, 15) is 4.79 Å². The Bertz CT molecular complexity index is 631. The van der Waals surface area contributed by atoms with E-state index in [0.717, 1.165) is 5.56 Å². The molecular formula is C16H17Cl2N2O+. The van der Waals surface area contributed by atoms with Gasteiger partial charge in [-0.2, -0.15) is 0 Å². The molecule has 0 aromatic heterocycles. The van der Waals surface area contributed by atoms with E-state index < -0.39 is 0 Å². The van der Waals surface area contributed by atoms with Gasteiger partial charge < -0.3 is 10.6 Å². The minimum absolute atomic E-state index is 0.0954. The fourth-order valence-electron chi connectivity index (χ4n) is 2.02. The smallest absolute Gasteiger partial charge is 0.279 e. The van der Waals surface area contributed by atoms with Crippen molar-refractivity contribution in [1.82, 2.24) is 0 Å². The fourth-order valence-corrected chi connectivity index (χ4v) is 2.51. The molecule has 0 spiro atoms. The van der Waals surface area contributed by atoms with E-state index in [1.54, 1.807) is 12.1 Å². The second-order valence-electron chi connectivity index (χ2n) is 4.78. The third-order valence-corrected chi connectivity index (χ3v) is 3.87. The lowest BCUT2D eigenvalue weighted by molar-refractivity contribution is -0.682. The Morgan fingerprint density at radius 3 is 2.38 bits per heavy atom. The molecule has 0 heterocycles. The van der Waals surface area contributed by atoms with E-state index >= 15 is 0 Å². The number of benzene rings is 2. The van der Waals surface area contributed by atoms with Crippen LogP contribution >= 0.6 is 23.2 Å². The number of nitrogens with two attached hydrogens (primary N) is 1. The standard InChI is InChI=1S/C16H16Cl2N2O/c1-11(12-6-2-3-7-13(12)17)19-10-16(21)20-15-9-5-4-8-14(15)18/h2-9,11,19H,10H2,1H3,(H,20,21)/p+1/t11-/m1/s1. The summed E-state index contributed by atoms with van der Waals surface area (Å²) in [4.78, 5) is 12.0. The Labute approximate surface area is 134 Å². The lowest BCUT2D eigenvalue weighted by atomic mass is 10.1. The highest BCUT2D eigenvalue weighted by Gasteiger charge is 2.14. The van der Waals surface area contributed by atoms with Crippen molar-refractivity contribution in [3.8, 4) is 0 Å². The topological polar surface area (TPSA) is 45.7 Å². The number of nitrogens with one attached hydrogen (secondary N) is 1. The van der Waals surface area contributed by atoms with Gasteiger partial charge in [-0.25, -0.2) is 0 Å². The van der Waals surface area contributed by atoms with Gasteiger partial charge in [0.05, 0.1) is 10.7 Å². The minimum atomic E-state index is -0.0954. The molecule has 21 heavy (non-hydrogen) atoms. The molecule has 110 valence electrons. The van der Waals surface area contributed by atoms with Crippen LogP contribution in [0.25, 0.3) is 0 Å². The second-order valence-corrected chi connectivity index (χ2v) is 5.59. The normalized spacial score (nSPS) is 12.0. The Balaban J connectivity index is 1.90. The molecule has 3 N–H and O–H groups in total. The van der Waals surface area contributed by atoms with Gasteiger partial charge in [-0.05, 0) is 25.1 Å². The van der Waals surface area contributed by atoms with Gasteiger partial charge in [-0.15, -0.1) is 0 Å². The zero-order valence-corrected chi connectivity index (χ0v) is 13.2. The highest BCUT2D eigenvalue weighted by Crippen LogP contribution is 2.20. The van der Waals surface area contributed by atoms with Crippen molar-refractivity contribution in [2.24, 2.45) is 0 Å².